The number of hydrogen-bond acceptors (Lipinski definition) is 4. The van der Waals surface area contributed by atoms with E-state index in [1.165, 1.54) is 18.2 Å². The fourth-order valence-corrected chi connectivity index (χ4v) is 1.61. The van der Waals surface area contributed by atoms with Gasteiger partial charge in [0.05, 0.1) is 12.8 Å². The van der Waals surface area contributed by atoms with Crippen LogP contribution in [0.5, 0.6) is 11.5 Å². The summed E-state index contributed by atoms with van der Waals surface area (Å²) in [5.74, 6) is -1.61. The first-order valence-corrected chi connectivity index (χ1v) is 6.37. The quantitative estimate of drug-likeness (QED) is 0.687. The third-order valence-corrected chi connectivity index (χ3v) is 2.62. The standard InChI is InChI=1S/2C8H8O3/c9-7-3-1-6(2-4-7)5-8(10)11;9-7-4-2-1-3-6(7)5-8(10)11/h2*1-4,9H,5H2,(H,10,11). The molecular formula is C16H16O6. The van der Waals surface area contributed by atoms with Gasteiger partial charge in [0.1, 0.15) is 11.5 Å². The van der Waals surface area contributed by atoms with Crippen molar-refractivity contribution >= 4 is 11.9 Å². The minimum absolute atomic E-state index is 0.000278. The van der Waals surface area contributed by atoms with Crippen LogP contribution in [0.4, 0.5) is 0 Å². The Hall–Kier alpha value is -3.02. The summed E-state index contributed by atoms with van der Waals surface area (Å²) < 4.78 is 0. The Labute approximate surface area is 126 Å². The van der Waals surface area contributed by atoms with E-state index >= 15 is 0 Å². The molecule has 116 valence electrons. The van der Waals surface area contributed by atoms with Crippen LogP contribution in [0.25, 0.3) is 0 Å². The van der Waals surface area contributed by atoms with Crippen LogP contribution in [-0.2, 0) is 22.4 Å². The van der Waals surface area contributed by atoms with Crippen molar-refractivity contribution in [1.82, 2.24) is 0 Å². The molecule has 0 atom stereocenters. The number of rotatable bonds is 4. The highest BCUT2D eigenvalue weighted by molar-refractivity contribution is 5.71. The third kappa shape index (κ3) is 6.42. The Balaban J connectivity index is 0.000000220. The van der Waals surface area contributed by atoms with Crippen LogP contribution in [0.15, 0.2) is 48.5 Å². The highest BCUT2D eigenvalue weighted by Crippen LogP contribution is 2.15. The predicted octanol–water partition coefficient (Wildman–Crippen LogP) is 2.04. The van der Waals surface area contributed by atoms with Gasteiger partial charge in [0.15, 0.2) is 0 Å². The number of phenolic OH excluding ortho intramolecular Hbond substituents is 2. The molecule has 0 aliphatic heterocycles. The normalized spacial score (nSPS) is 9.45. The Morgan fingerprint density at radius 3 is 1.82 bits per heavy atom. The molecule has 6 nitrogen and oxygen atoms in total. The predicted molar refractivity (Wildman–Crippen MR) is 78.9 cm³/mol. The maximum absolute atomic E-state index is 10.2. The van der Waals surface area contributed by atoms with Crippen LogP contribution >= 0.6 is 0 Å². The molecule has 0 saturated carbocycles. The zero-order chi connectivity index (χ0) is 16.5. The van der Waals surface area contributed by atoms with E-state index in [9.17, 15) is 9.59 Å². The number of aliphatic carboxylic acids is 2. The van der Waals surface area contributed by atoms with Crippen LogP contribution in [0, 0.1) is 0 Å². The van der Waals surface area contributed by atoms with Crippen molar-refractivity contribution < 1.29 is 30.0 Å². The number of carboxylic acid groups (broad SMARTS) is 2. The highest BCUT2D eigenvalue weighted by Gasteiger charge is 2.03. The maximum Gasteiger partial charge on any atom is 0.307 e. The van der Waals surface area contributed by atoms with Crippen LogP contribution in [-0.4, -0.2) is 32.4 Å². The van der Waals surface area contributed by atoms with Gasteiger partial charge in [0, 0.05) is 5.56 Å². The van der Waals surface area contributed by atoms with Crippen molar-refractivity contribution in [3.63, 3.8) is 0 Å². The second kappa shape index (κ2) is 8.31. The molecule has 22 heavy (non-hydrogen) atoms. The van der Waals surface area contributed by atoms with Gasteiger partial charge >= 0.3 is 11.9 Å². The van der Waals surface area contributed by atoms with Gasteiger partial charge < -0.3 is 20.4 Å². The molecule has 2 aromatic carbocycles. The first kappa shape index (κ1) is 17.0. The average Bonchev–Trinajstić information content (AvgIpc) is 2.44. The summed E-state index contributed by atoms with van der Waals surface area (Å²) in [6.07, 6.45) is -0.132. The summed E-state index contributed by atoms with van der Waals surface area (Å²) in [5, 5.41) is 34.7. The molecule has 0 aliphatic rings. The molecule has 4 N–H and O–H groups in total. The maximum atomic E-state index is 10.2. The summed E-state index contributed by atoms with van der Waals surface area (Å²) in [6.45, 7) is 0. The van der Waals surface area contributed by atoms with Gasteiger partial charge in [-0.3, -0.25) is 9.59 Å². The van der Waals surface area contributed by atoms with Crippen molar-refractivity contribution in [1.29, 1.82) is 0 Å². The Kier molecular flexibility index (Phi) is 6.43. The molecule has 0 aliphatic carbocycles. The zero-order valence-corrected chi connectivity index (χ0v) is 11.6. The highest BCUT2D eigenvalue weighted by atomic mass is 16.4. The van der Waals surface area contributed by atoms with Crippen LogP contribution in [0.1, 0.15) is 11.1 Å². The number of carbonyl (C=O) groups is 2. The van der Waals surface area contributed by atoms with Crippen molar-refractivity contribution in [2.75, 3.05) is 0 Å². The van der Waals surface area contributed by atoms with Gasteiger partial charge in [-0.2, -0.15) is 0 Å². The molecule has 0 heterocycles. The average molecular weight is 304 g/mol. The lowest BCUT2D eigenvalue weighted by molar-refractivity contribution is -0.137. The lowest BCUT2D eigenvalue weighted by Gasteiger charge is -1.98. The topological polar surface area (TPSA) is 115 Å². The fraction of sp³-hybridized carbons (Fsp3) is 0.125. The van der Waals surface area contributed by atoms with E-state index in [1.54, 1.807) is 30.3 Å². The molecule has 6 heteroatoms. The molecule has 0 aromatic heterocycles. The van der Waals surface area contributed by atoms with E-state index in [0.29, 0.717) is 11.1 Å². The second-order valence-electron chi connectivity index (χ2n) is 4.44. The molecule has 0 saturated heterocycles. The third-order valence-electron chi connectivity index (χ3n) is 2.62. The van der Waals surface area contributed by atoms with Gasteiger partial charge in [-0.05, 0) is 23.8 Å². The van der Waals surface area contributed by atoms with Crippen molar-refractivity contribution in [2.24, 2.45) is 0 Å². The first-order valence-electron chi connectivity index (χ1n) is 6.37. The van der Waals surface area contributed by atoms with E-state index in [-0.39, 0.29) is 24.3 Å². The molecule has 0 bridgehead atoms. The summed E-state index contributed by atoms with van der Waals surface area (Å²) in [7, 11) is 0. The molecule has 2 aromatic rings. The molecule has 0 unspecified atom stereocenters. The van der Waals surface area contributed by atoms with Crippen LogP contribution in [0.2, 0.25) is 0 Å². The number of aromatic hydroxyl groups is 2. The Morgan fingerprint density at radius 1 is 0.773 bits per heavy atom. The largest absolute Gasteiger partial charge is 0.508 e. The molecule has 0 fully saturated rings. The summed E-state index contributed by atoms with van der Waals surface area (Å²) in [5.41, 5.74) is 1.13. The second-order valence-corrected chi connectivity index (χ2v) is 4.44. The number of benzene rings is 2. The fourth-order valence-electron chi connectivity index (χ4n) is 1.61. The number of carboxylic acids is 2. The van der Waals surface area contributed by atoms with Gasteiger partial charge in [0.25, 0.3) is 0 Å². The van der Waals surface area contributed by atoms with E-state index in [0.717, 1.165) is 0 Å². The monoisotopic (exact) mass is 304 g/mol. The number of para-hydroxylation sites is 1. The zero-order valence-electron chi connectivity index (χ0n) is 11.6. The first-order chi connectivity index (χ1) is 10.4. The smallest absolute Gasteiger partial charge is 0.307 e. The van der Waals surface area contributed by atoms with Crippen molar-refractivity contribution in [3.8, 4) is 11.5 Å². The summed E-state index contributed by atoms with van der Waals surface area (Å²) in [6, 6.07) is 12.5. The minimum Gasteiger partial charge on any atom is -0.508 e. The van der Waals surface area contributed by atoms with Crippen molar-refractivity contribution in [3.05, 3.63) is 59.7 Å². The summed E-state index contributed by atoms with van der Waals surface area (Å²) >= 11 is 0. The summed E-state index contributed by atoms with van der Waals surface area (Å²) in [4.78, 5) is 20.4. The van der Waals surface area contributed by atoms with E-state index in [1.807, 2.05) is 0 Å². The van der Waals surface area contributed by atoms with Gasteiger partial charge in [0.2, 0.25) is 0 Å². The van der Waals surface area contributed by atoms with Crippen LogP contribution in [0.3, 0.4) is 0 Å². The van der Waals surface area contributed by atoms with Gasteiger partial charge in [-0.15, -0.1) is 0 Å². The van der Waals surface area contributed by atoms with E-state index in [4.69, 9.17) is 20.4 Å². The molecule has 0 radical (unpaired) electrons. The molecule has 2 rings (SSSR count). The molecular weight excluding hydrogens is 288 g/mol. The number of phenols is 2. The molecule has 0 amide bonds. The Bertz CT molecular complexity index is 633. The van der Waals surface area contributed by atoms with Gasteiger partial charge in [-0.25, -0.2) is 0 Å². The van der Waals surface area contributed by atoms with Crippen LogP contribution < -0.4 is 0 Å². The van der Waals surface area contributed by atoms with Crippen molar-refractivity contribution in [2.45, 2.75) is 12.8 Å². The number of hydrogen-bond donors (Lipinski definition) is 4. The minimum atomic E-state index is -0.938. The SMILES string of the molecule is O=C(O)Cc1ccc(O)cc1.O=C(O)Cc1ccccc1O. The van der Waals surface area contributed by atoms with E-state index < -0.39 is 11.9 Å². The van der Waals surface area contributed by atoms with E-state index in [2.05, 4.69) is 0 Å². The van der Waals surface area contributed by atoms with Gasteiger partial charge in [-0.1, -0.05) is 30.3 Å². The molecule has 0 spiro atoms. The lowest BCUT2D eigenvalue weighted by atomic mass is 10.1. The lowest BCUT2D eigenvalue weighted by Crippen LogP contribution is -1.99. The Morgan fingerprint density at radius 2 is 1.32 bits per heavy atom.